The molecule has 0 radical (unpaired) electrons. The van der Waals surface area contributed by atoms with Crippen molar-refractivity contribution < 1.29 is 9.47 Å². The summed E-state index contributed by atoms with van der Waals surface area (Å²) in [6.07, 6.45) is 6.12. The Hall–Kier alpha value is -1.36. The van der Waals surface area contributed by atoms with Crippen LogP contribution in [0.25, 0.3) is 0 Å². The third-order valence-corrected chi connectivity index (χ3v) is 2.78. The standard InChI is InChI=1S/C14H25N3O2/c1-4-5-6-7-8-9-19-14-10-12(15-2)16-13(17-14)11-18-3/h10H,4-9,11H2,1-3H3,(H,15,16,17). The molecule has 0 saturated heterocycles. The van der Waals surface area contributed by atoms with Crippen molar-refractivity contribution in [3.8, 4) is 5.88 Å². The van der Waals surface area contributed by atoms with Crippen molar-refractivity contribution in [3.63, 3.8) is 0 Å². The van der Waals surface area contributed by atoms with Gasteiger partial charge in [0, 0.05) is 20.2 Å². The fraction of sp³-hybridized carbons (Fsp3) is 0.714. The maximum absolute atomic E-state index is 5.67. The summed E-state index contributed by atoms with van der Waals surface area (Å²) in [6.45, 7) is 3.31. The first-order valence-electron chi connectivity index (χ1n) is 6.97. The summed E-state index contributed by atoms with van der Waals surface area (Å²) in [5, 5.41) is 3.00. The average Bonchev–Trinajstić information content (AvgIpc) is 2.43. The van der Waals surface area contributed by atoms with Gasteiger partial charge in [0.15, 0.2) is 5.82 Å². The second-order valence-electron chi connectivity index (χ2n) is 4.45. The topological polar surface area (TPSA) is 56.3 Å². The van der Waals surface area contributed by atoms with Gasteiger partial charge in [0.05, 0.1) is 6.61 Å². The van der Waals surface area contributed by atoms with Crippen molar-refractivity contribution in [2.75, 3.05) is 26.1 Å². The lowest BCUT2D eigenvalue weighted by molar-refractivity contribution is 0.176. The van der Waals surface area contributed by atoms with Crippen LogP contribution in [0.15, 0.2) is 6.07 Å². The number of anilines is 1. The molecule has 0 aliphatic carbocycles. The maximum Gasteiger partial charge on any atom is 0.218 e. The minimum Gasteiger partial charge on any atom is -0.478 e. The average molecular weight is 267 g/mol. The Morgan fingerprint density at radius 3 is 2.63 bits per heavy atom. The van der Waals surface area contributed by atoms with Gasteiger partial charge in [-0.25, -0.2) is 4.98 Å². The molecule has 0 unspecified atom stereocenters. The van der Waals surface area contributed by atoms with E-state index in [1.54, 1.807) is 7.11 Å². The van der Waals surface area contributed by atoms with Crippen LogP contribution in [0.2, 0.25) is 0 Å². The van der Waals surface area contributed by atoms with Gasteiger partial charge in [-0.3, -0.25) is 0 Å². The van der Waals surface area contributed by atoms with Crippen LogP contribution < -0.4 is 10.1 Å². The summed E-state index contributed by atoms with van der Waals surface area (Å²) < 4.78 is 10.7. The minimum atomic E-state index is 0.391. The van der Waals surface area contributed by atoms with Crippen LogP contribution >= 0.6 is 0 Å². The zero-order valence-electron chi connectivity index (χ0n) is 12.2. The molecule has 1 aromatic heterocycles. The van der Waals surface area contributed by atoms with E-state index in [0.717, 1.165) is 12.2 Å². The van der Waals surface area contributed by atoms with Crippen molar-refractivity contribution in [2.45, 2.75) is 45.6 Å². The number of nitrogens with one attached hydrogen (secondary N) is 1. The third kappa shape index (κ3) is 6.38. The van der Waals surface area contributed by atoms with Gasteiger partial charge >= 0.3 is 0 Å². The van der Waals surface area contributed by atoms with E-state index >= 15 is 0 Å². The van der Waals surface area contributed by atoms with Crippen LogP contribution in [-0.4, -0.2) is 30.7 Å². The van der Waals surface area contributed by atoms with Gasteiger partial charge in [-0.2, -0.15) is 4.98 Å². The lowest BCUT2D eigenvalue weighted by Gasteiger charge is -2.09. The molecular weight excluding hydrogens is 242 g/mol. The molecule has 0 fully saturated rings. The third-order valence-electron chi connectivity index (χ3n) is 2.78. The smallest absolute Gasteiger partial charge is 0.218 e. The van der Waals surface area contributed by atoms with Crippen LogP contribution in [0.1, 0.15) is 44.9 Å². The molecule has 5 heteroatoms. The lowest BCUT2D eigenvalue weighted by atomic mass is 10.2. The van der Waals surface area contributed by atoms with E-state index in [-0.39, 0.29) is 0 Å². The molecule has 0 saturated carbocycles. The van der Waals surface area contributed by atoms with Gasteiger partial charge in [0.2, 0.25) is 5.88 Å². The molecule has 19 heavy (non-hydrogen) atoms. The first-order valence-corrected chi connectivity index (χ1v) is 6.97. The van der Waals surface area contributed by atoms with Gasteiger partial charge in [0.1, 0.15) is 12.4 Å². The normalized spacial score (nSPS) is 10.5. The highest BCUT2D eigenvalue weighted by Gasteiger charge is 2.04. The number of ether oxygens (including phenoxy) is 2. The Kier molecular flexibility index (Phi) is 7.89. The molecule has 0 amide bonds. The predicted octanol–water partition coefficient (Wildman–Crippen LogP) is 3.01. The fourth-order valence-electron chi connectivity index (χ4n) is 1.75. The zero-order valence-corrected chi connectivity index (χ0v) is 12.2. The molecular formula is C14H25N3O2. The van der Waals surface area contributed by atoms with Crippen LogP contribution in [0, 0.1) is 0 Å². The van der Waals surface area contributed by atoms with Crippen molar-refractivity contribution >= 4 is 5.82 Å². The molecule has 0 bridgehead atoms. The number of unbranched alkanes of at least 4 members (excludes halogenated alkanes) is 4. The van der Waals surface area contributed by atoms with Crippen LogP contribution in [0.4, 0.5) is 5.82 Å². The second kappa shape index (κ2) is 9.55. The zero-order chi connectivity index (χ0) is 13.9. The first-order chi connectivity index (χ1) is 9.30. The quantitative estimate of drug-likeness (QED) is 0.660. The van der Waals surface area contributed by atoms with Crippen molar-refractivity contribution in [1.82, 2.24) is 9.97 Å². The number of rotatable bonds is 10. The molecule has 0 aliphatic heterocycles. The Morgan fingerprint density at radius 2 is 1.95 bits per heavy atom. The van der Waals surface area contributed by atoms with Crippen molar-refractivity contribution in [1.29, 1.82) is 0 Å². The van der Waals surface area contributed by atoms with Gasteiger partial charge in [-0.05, 0) is 6.42 Å². The Bertz CT molecular complexity index is 359. The van der Waals surface area contributed by atoms with E-state index in [9.17, 15) is 0 Å². The SMILES string of the molecule is CCCCCCCOc1cc(NC)nc(COC)n1. The number of methoxy groups -OCH3 is 1. The molecule has 108 valence electrons. The van der Waals surface area contributed by atoms with E-state index in [1.807, 2.05) is 13.1 Å². The van der Waals surface area contributed by atoms with Crippen LogP contribution in [0.3, 0.4) is 0 Å². The number of aromatic nitrogens is 2. The van der Waals surface area contributed by atoms with Crippen LogP contribution in [0.5, 0.6) is 5.88 Å². The highest BCUT2D eigenvalue weighted by molar-refractivity contribution is 5.37. The Labute approximate surface area is 115 Å². The second-order valence-corrected chi connectivity index (χ2v) is 4.45. The number of hydrogen-bond acceptors (Lipinski definition) is 5. The van der Waals surface area contributed by atoms with E-state index in [2.05, 4.69) is 22.2 Å². The van der Waals surface area contributed by atoms with Gasteiger partial charge in [-0.1, -0.05) is 32.6 Å². The van der Waals surface area contributed by atoms with E-state index in [1.165, 1.54) is 25.7 Å². The molecule has 0 aromatic carbocycles. The van der Waals surface area contributed by atoms with Gasteiger partial charge < -0.3 is 14.8 Å². The number of nitrogens with zero attached hydrogens (tertiary/aromatic N) is 2. The summed E-state index contributed by atoms with van der Waals surface area (Å²) in [7, 11) is 3.46. The van der Waals surface area contributed by atoms with Gasteiger partial charge in [0.25, 0.3) is 0 Å². The van der Waals surface area contributed by atoms with Crippen LogP contribution in [-0.2, 0) is 11.3 Å². The molecule has 1 heterocycles. The highest BCUT2D eigenvalue weighted by Crippen LogP contribution is 2.14. The highest BCUT2D eigenvalue weighted by atomic mass is 16.5. The minimum absolute atomic E-state index is 0.391. The van der Waals surface area contributed by atoms with Crippen molar-refractivity contribution in [2.24, 2.45) is 0 Å². The Morgan fingerprint density at radius 1 is 1.16 bits per heavy atom. The Balaban J connectivity index is 2.41. The largest absolute Gasteiger partial charge is 0.478 e. The summed E-state index contributed by atoms with van der Waals surface area (Å²) >= 11 is 0. The lowest BCUT2D eigenvalue weighted by Crippen LogP contribution is -2.05. The van der Waals surface area contributed by atoms with E-state index in [4.69, 9.17) is 9.47 Å². The molecule has 0 spiro atoms. The number of hydrogen-bond donors (Lipinski definition) is 1. The molecule has 1 N–H and O–H groups in total. The summed E-state index contributed by atoms with van der Waals surface area (Å²) in [5.74, 6) is 2.00. The molecule has 1 rings (SSSR count). The summed E-state index contributed by atoms with van der Waals surface area (Å²) in [4.78, 5) is 8.59. The van der Waals surface area contributed by atoms with Gasteiger partial charge in [-0.15, -0.1) is 0 Å². The molecule has 1 aromatic rings. The summed E-state index contributed by atoms with van der Waals surface area (Å²) in [5.41, 5.74) is 0. The molecule has 0 aliphatic rings. The van der Waals surface area contributed by atoms with Crippen molar-refractivity contribution in [3.05, 3.63) is 11.9 Å². The molecule has 5 nitrogen and oxygen atoms in total. The predicted molar refractivity (Wildman–Crippen MR) is 76.5 cm³/mol. The monoisotopic (exact) mass is 267 g/mol. The van der Waals surface area contributed by atoms with E-state index < -0.39 is 0 Å². The molecule has 0 atom stereocenters. The summed E-state index contributed by atoms with van der Waals surface area (Å²) in [6, 6.07) is 1.81. The fourth-order valence-corrected chi connectivity index (χ4v) is 1.75. The first kappa shape index (κ1) is 15.7. The maximum atomic E-state index is 5.67. The van der Waals surface area contributed by atoms with E-state index in [0.29, 0.717) is 24.9 Å².